The first-order valence-corrected chi connectivity index (χ1v) is 7.02. The quantitative estimate of drug-likeness (QED) is 0.869. The molecule has 1 aliphatic rings. The highest BCUT2D eigenvalue weighted by Gasteiger charge is 2.18. The third-order valence-electron chi connectivity index (χ3n) is 3.41. The van der Waals surface area contributed by atoms with Crippen molar-refractivity contribution in [1.29, 1.82) is 5.26 Å². The van der Waals surface area contributed by atoms with Crippen LogP contribution in [0.4, 0.5) is 5.95 Å². The van der Waals surface area contributed by atoms with Gasteiger partial charge < -0.3 is 10.2 Å². The molecule has 0 saturated carbocycles. The van der Waals surface area contributed by atoms with Crippen LogP contribution in [0.1, 0.15) is 31.9 Å². The fourth-order valence-corrected chi connectivity index (χ4v) is 2.50. The van der Waals surface area contributed by atoms with Gasteiger partial charge in [-0.2, -0.15) is 5.26 Å². The van der Waals surface area contributed by atoms with Crippen LogP contribution in [0.3, 0.4) is 0 Å². The summed E-state index contributed by atoms with van der Waals surface area (Å²) in [5.74, 6) is 1.33. The van der Waals surface area contributed by atoms with Crippen molar-refractivity contribution < 1.29 is 0 Å². The van der Waals surface area contributed by atoms with Crippen LogP contribution in [0.2, 0.25) is 0 Å². The van der Waals surface area contributed by atoms with Gasteiger partial charge in [-0.25, -0.2) is 9.97 Å². The molecule has 1 aromatic heterocycles. The minimum absolute atomic E-state index is 0.438. The summed E-state index contributed by atoms with van der Waals surface area (Å²) in [4.78, 5) is 10.8. The highest BCUT2D eigenvalue weighted by atomic mass is 15.2. The van der Waals surface area contributed by atoms with Gasteiger partial charge in [0, 0.05) is 19.3 Å². The van der Waals surface area contributed by atoms with E-state index in [-0.39, 0.29) is 0 Å². The second-order valence-corrected chi connectivity index (χ2v) is 5.01. The van der Waals surface area contributed by atoms with Crippen LogP contribution in [0.25, 0.3) is 0 Å². The van der Waals surface area contributed by atoms with E-state index in [1.807, 2.05) is 0 Å². The van der Waals surface area contributed by atoms with E-state index in [1.165, 1.54) is 12.8 Å². The Morgan fingerprint density at radius 3 is 3.16 bits per heavy atom. The lowest BCUT2D eigenvalue weighted by Crippen LogP contribution is -2.39. The molecule has 0 aliphatic carbocycles. The Hall–Kier alpha value is -1.67. The van der Waals surface area contributed by atoms with E-state index in [9.17, 15) is 0 Å². The zero-order valence-electron chi connectivity index (χ0n) is 11.5. The Morgan fingerprint density at radius 1 is 1.58 bits per heavy atom. The fraction of sp³-hybridized carbons (Fsp3) is 0.643. The predicted molar refractivity (Wildman–Crippen MR) is 74.8 cm³/mol. The Bertz CT molecular complexity index is 434. The molecule has 1 unspecified atom stereocenters. The molecule has 5 nitrogen and oxygen atoms in total. The van der Waals surface area contributed by atoms with Gasteiger partial charge in [-0.1, -0.05) is 6.92 Å². The first kappa shape index (κ1) is 13.8. The molecule has 5 heteroatoms. The molecule has 0 bridgehead atoms. The molecule has 0 aromatic carbocycles. The summed E-state index contributed by atoms with van der Waals surface area (Å²) in [6, 6.07) is 3.73. The van der Waals surface area contributed by atoms with Gasteiger partial charge in [0.25, 0.3) is 0 Å². The number of nitriles is 1. The lowest BCUT2D eigenvalue weighted by Gasteiger charge is -2.30. The van der Waals surface area contributed by atoms with Crippen molar-refractivity contribution in [1.82, 2.24) is 15.3 Å². The first-order valence-electron chi connectivity index (χ1n) is 7.02. The van der Waals surface area contributed by atoms with E-state index < -0.39 is 0 Å². The number of nitrogens with zero attached hydrogens (tertiary/aromatic N) is 4. The first-order chi connectivity index (χ1) is 9.33. The van der Waals surface area contributed by atoms with Gasteiger partial charge in [0.05, 0.1) is 0 Å². The molecule has 0 amide bonds. The minimum atomic E-state index is 0.438. The van der Waals surface area contributed by atoms with Gasteiger partial charge in [0.1, 0.15) is 11.8 Å². The smallest absolute Gasteiger partial charge is 0.226 e. The maximum atomic E-state index is 8.93. The maximum absolute atomic E-state index is 8.93. The number of piperidine rings is 1. The molecule has 0 spiro atoms. The third kappa shape index (κ3) is 3.90. The summed E-state index contributed by atoms with van der Waals surface area (Å²) in [5, 5.41) is 12.4. The molecule has 1 saturated heterocycles. The second-order valence-electron chi connectivity index (χ2n) is 5.01. The summed E-state index contributed by atoms with van der Waals surface area (Å²) in [6.07, 6.45) is 5.22. The van der Waals surface area contributed by atoms with E-state index in [0.717, 1.165) is 32.6 Å². The highest BCUT2D eigenvalue weighted by molar-refractivity contribution is 5.33. The normalized spacial score (nSPS) is 18.8. The monoisotopic (exact) mass is 259 g/mol. The maximum Gasteiger partial charge on any atom is 0.226 e. The van der Waals surface area contributed by atoms with Crippen LogP contribution in [0.5, 0.6) is 0 Å². The van der Waals surface area contributed by atoms with Crippen LogP contribution in [0, 0.1) is 17.2 Å². The molecule has 1 fully saturated rings. The largest absolute Gasteiger partial charge is 0.340 e. The van der Waals surface area contributed by atoms with Crippen molar-refractivity contribution in [2.75, 3.05) is 31.1 Å². The van der Waals surface area contributed by atoms with Gasteiger partial charge in [-0.05, 0) is 44.3 Å². The summed E-state index contributed by atoms with van der Waals surface area (Å²) < 4.78 is 0. The molecule has 19 heavy (non-hydrogen) atoms. The van der Waals surface area contributed by atoms with Crippen LogP contribution >= 0.6 is 0 Å². The van der Waals surface area contributed by atoms with E-state index in [1.54, 1.807) is 12.3 Å². The average molecular weight is 259 g/mol. The van der Waals surface area contributed by atoms with Crippen LogP contribution in [0.15, 0.2) is 12.3 Å². The van der Waals surface area contributed by atoms with E-state index in [2.05, 4.69) is 33.2 Å². The number of aromatic nitrogens is 2. The molecule has 1 N–H and O–H groups in total. The van der Waals surface area contributed by atoms with Crippen LogP contribution in [-0.4, -0.2) is 36.1 Å². The van der Waals surface area contributed by atoms with Crippen molar-refractivity contribution in [2.24, 2.45) is 5.92 Å². The molecule has 102 valence electrons. The molecule has 2 rings (SSSR count). The van der Waals surface area contributed by atoms with E-state index in [4.69, 9.17) is 5.26 Å². The van der Waals surface area contributed by atoms with Crippen molar-refractivity contribution in [2.45, 2.75) is 26.2 Å². The number of nitrogens with one attached hydrogen (secondary N) is 1. The van der Waals surface area contributed by atoms with Crippen molar-refractivity contribution in [3.05, 3.63) is 18.0 Å². The number of anilines is 1. The summed E-state index contributed by atoms with van der Waals surface area (Å²) in [6.45, 7) is 6.25. The number of rotatable bonds is 5. The molecule has 2 heterocycles. The van der Waals surface area contributed by atoms with Gasteiger partial charge >= 0.3 is 0 Å². The van der Waals surface area contributed by atoms with Gasteiger partial charge in [-0.3, -0.25) is 0 Å². The minimum Gasteiger partial charge on any atom is -0.340 e. The number of hydrogen-bond acceptors (Lipinski definition) is 5. The zero-order valence-corrected chi connectivity index (χ0v) is 11.5. The molecule has 1 aromatic rings. The highest BCUT2D eigenvalue weighted by Crippen LogP contribution is 2.16. The Kier molecular flexibility index (Phi) is 5.10. The topological polar surface area (TPSA) is 64.8 Å². The van der Waals surface area contributed by atoms with Crippen molar-refractivity contribution >= 4 is 5.95 Å². The lowest BCUT2D eigenvalue weighted by molar-refractivity contribution is 0.375. The third-order valence-corrected chi connectivity index (χ3v) is 3.41. The molecule has 1 aliphatic heterocycles. The average Bonchev–Trinajstić information content (AvgIpc) is 2.48. The predicted octanol–water partition coefficient (Wildman–Crippen LogP) is 1.56. The second kappa shape index (κ2) is 7.05. The van der Waals surface area contributed by atoms with E-state index >= 15 is 0 Å². The molecular weight excluding hydrogens is 238 g/mol. The zero-order chi connectivity index (χ0) is 13.5. The molecular formula is C14H21N5. The lowest BCUT2D eigenvalue weighted by atomic mass is 9.99. The van der Waals surface area contributed by atoms with Gasteiger partial charge in [0.15, 0.2) is 0 Å². The van der Waals surface area contributed by atoms with Crippen LogP contribution < -0.4 is 10.2 Å². The molecule has 1 atom stereocenters. The Balaban J connectivity index is 2.07. The van der Waals surface area contributed by atoms with Crippen molar-refractivity contribution in [3.8, 4) is 6.07 Å². The summed E-state index contributed by atoms with van der Waals surface area (Å²) in [7, 11) is 0. The summed E-state index contributed by atoms with van der Waals surface area (Å²) >= 11 is 0. The standard InChI is InChI=1S/C14H21N5/c1-2-8-19(11-12-4-3-6-16-10-12)14-17-7-5-13(9-15)18-14/h5,7,12,16H,2-4,6,8,10-11H2,1H3. The molecule has 0 radical (unpaired) electrons. The van der Waals surface area contributed by atoms with Gasteiger partial charge in [0.2, 0.25) is 5.95 Å². The Morgan fingerprint density at radius 2 is 2.47 bits per heavy atom. The van der Waals surface area contributed by atoms with Gasteiger partial charge in [-0.15, -0.1) is 0 Å². The van der Waals surface area contributed by atoms with E-state index in [0.29, 0.717) is 17.6 Å². The SMILES string of the molecule is CCCN(CC1CCCNC1)c1nccc(C#N)n1. The van der Waals surface area contributed by atoms with Crippen LogP contribution in [-0.2, 0) is 0 Å². The number of hydrogen-bond donors (Lipinski definition) is 1. The summed E-state index contributed by atoms with van der Waals surface area (Å²) in [5.41, 5.74) is 0.438. The van der Waals surface area contributed by atoms with Crippen molar-refractivity contribution in [3.63, 3.8) is 0 Å². The Labute approximate surface area is 114 Å². The fourth-order valence-electron chi connectivity index (χ4n) is 2.50.